The highest BCUT2D eigenvalue weighted by Crippen LogP contribution is 2.10. The lowest BCUT2D eigenvalue weighted by molar-refractivity contribution is -0.521. The Morgan fingerprint density at radius 1 is 1.10 bits per heavy atom. The van der Waals surface area contributed by atoms with Crippen LogP contribution in [0.5, 0.6) is 0 Å². The topological polar surface area (TPSA) is 43.1 Å². The van der Waals surface area contributed by atoms with Crippen LogP contribution in [-0.4, -0.2) is 29.3 Å². The predicted octanol–water partition coefficient (Wildman–Crippen LogP) is 3.15. The Morgan fingerprint density at radius 2 is 1.65 bits per heavy atom. The van der Waals surface area contributed by atoms with Gasteiger partial charge in [0, 0.05) is 31.7 Å². The van der Waals surface area contributed by atoms with Crippen LogP contribution in [0.3, 0.4) is 0 Å². The summed E-state index contributed by atoms with van der Waals surface area (Å²) < 4.78 is 2.64. The minimum absolute atomic E-state index is 0.972. The predicted molar refractivity (Wildman–Crippen MR) is 83.2 cm³/mol. The second-order valence-electron chi connectivity index (χ2n) is 5.62. The molecule has 0 aromatic rings. The molecular formula is C17H33NO2. The zero-order valence-corrected chi connectivity index (χ0v) is 13.7. The van der Waals surface area contributed by atoms with Crippen molar-refractivity contribution in [1.82, 2.24) is 0 Å². The lowest BCUT2D eigenvalue weighted by Gasteiger charge is -2.02. The smallest absolute Gasteiger partial charge is 0.152 e. The van der Waals surface area contributed by atoms with E-state index in [1.165, 1.54) is 77.3 Å². The number of rotatable bonds is 9. The molecule has 0 aromatic carbocycles. The second kappa shape index (κ2) is 13.1. The van der Waals surface area contributed by atoms with Gasteiger partial charge < -0.3 is 9.90 Å². The van der Waals surface area contributed by atoms with Crippen molar-refractivity contribution in [3.63, 3.8) is 0 Å². The molecule has 1 heterocycles. The molecule has 0 radical (unpaired) electrons. The van der Waals surface area contributed by atoms with E-state index >= 15 is 0 Å². The molecule has 0 aromatic heterocycles. The van der Waals surface area contributed by atoms with Gasteiger partial charge in [-0.2, -0.15) is 0 Å². The molecule has 0 N–H and O–H groups in total. The molecule has 20 heavy (non-hydrogen) atoms. The summed E-state index contributed by atoms with van der Waals surface area (Å²) in [7, 11) is 0. The summed E-state index contributed by atoms with van der Waals surface area (Å²) in [6.07, 6.45) is 14.1. The van der Waals surface area contributed by atoms with Gasteiger partial charge in [-0.1, -0.05) is 46.0 Å². The highest BCUT2D eigenvalue weighted by Gasteiger charge is 2.19. The lowest BCUT2D eigenvalue weighted by Crippen LogP contribution is -2.16. The Hall–Kier alpha value is -0.860. The first-order chi connectivity index (χ1) is 9.61. The van der Waals surface area contributed by atoms with Gasteiger partial charge in [-0.25, -0.2) is 4.58 Å². The van der Waals surface area contributed by atoms with Crippen LogP contribution < -0.4 is 5.11 Å². The molecule has 118 valence electrons. The summed E-state index contributed by atoms with van der Waals surface area (Å²) in [6, 6.07) is 0. The molecular weight excluding hydrogens is 250 g/mol. The number of carboxylic acids is 1. The Labute approximate surface area is 125 Å². The molecule has 0 aliphatic carbocycles. The highest BCUT2D eigenvalue weighted by molar-refractivity contribution is 5.80. The summed E-state index contributed by atoms with van der Waals surface area (Å²) in [5, 5.41) is 8.89. The van der Waals surface area contributed by atoms with Crippen molar-refractivity contribution in [2.24, 2.45) is 0 Å². The molecule has 0 fully saturated rings. The van der Waals surface area contributed by atoms with Gasteiger partial charge in [0.05, 0.1) is 0 Å². The standard InChI is InChI=1S/C15H30N.C2H4O2/c1-3-5-6-7-8-9-10-13-16-14-11-12-15(16)4-2;1-2(3)4/h3-14H2,1-2H3;1H3,(H,3,4)/q+1;/p-1. The molecule has 0 saturated heterocycles. The zero-order chi connectivity index (χ0) is 15.2. The van der Waals surface area contributed by atoms with E-state index in [1.807, 2.05) is 0 Å². The minimum atomic E-state index is -1.08. The van der Waals surface area contributed by atoms with Crippen molar-refractivity contribution in [3.8, 4) is 0 Å². The first-order valence-electron chi connectivity index (χ1n) is 8.39. The van der Waals surface area contributed by atoms with Gasteiger partial charge in [0.15, 0.2) is 5.71 Å². The SMILES string of the molecule is CC(=O)[O-].CCCCCCCCC[N+]1=C(CC)CCC1. The molecule has 3 nitrogen and oxygen atoms in total. The van der Waals surface area contributed by atoms with Crippen molar-refractivity contribution in [2.45, 2.75) is 85.0 Å². The van der Waals surface area contributed by atoms with E-state index in [9.17, 15) is 0 Å². The lowest BCUT2D eigenvalue weighted by atomic mass is 10.1. The molecule has 0 saturated carbocycles. The Balaban J connectivity index is 0.000000796. The molecule has 0 amide bonds. The zero-order valence-electron chi connectivity index (χ0n) is 13.7. The number of unbranched alkanes of at least 4 members (excludes halogenated alkanes) is 6. The van der Waals surface area contributed by atoms with E-state index in [1.54, 1.807) is 5.71 Å². The average Bonchev–Trinajstić information content (AvgIpc) is 2.84. The van der Waals surface area contributed by atoms with E-state index < -0.39 is 5.97 Å². The maximum atomic E-state index is 8.89. The summed E-state index contributed by atoms with van der Waals surface area (Å²) in [5.41, 5.74) is 1.71. The first-order valence-corrected chi connectivity index (χ1v) is 8.39. The highest BCUT2D eigenvalue weighted by atomic mass is 16.4. The van der Waals surface area contributed by atoms with Crippen LogP contribution >= 0.6 is 0 Å². The van der Waals surface area contributed by atoms with Gasteiger partial charge in [-0.3, -0.25) is 0 Å². The maximum Gasteiger partial charge on any atom is 0.152 e. The molecule has 0 atom stereocenters. The number of carbonyl (C=O) groups is 1. The second-order valence-corrected chi connectivity index (χ2v) is 5.62. The van der Waals surface area contributed by atoms with Crippen LogP contribution in [0, 0.1) is 0 Å². The summed E-state index contributed by atoms with van der Waals surface area (Å²) in [5.74, 6) is -1.08. The number of hydrogen-bond acceptors (Lipinski definition) is 2. The molecule has 1 aliphatic rings. The van der Waals surface area contributed by atoms with Gasteiger partial charge in [0.2, 0.25) is 0 Å². The third kappa shape index (κ3) is 11.0. The quantitative estimate of drug-likeness (QED) is 0.482. The van der Waals surface area contributed by atoms with E-state index in [0.29, 0.717) is 0 Å². The molecule has 0 unspecified atom stereocenters. The number of hydrogen-bond donors (Lipinski definition) is 0. The average molecular weight is 283 g/mol. The Kier molecular flexibility index (Phi) is 12.6. The van der Waals surface area contributed by atoms with Crippen LogP contribution in [0.1, 0.15) is 85.0 Å². The van der Waals surface area contributed by atoms with Crippen molar-refractivity contribution in [3.05, 3.63) is 0 Å². The fourth-order valence-electron chi connectivity index (χ4n) is 2.72. The maximum absolute atomic E-state index is 8.89. The van der Waals surface area contributed by atoms with Crippen LogP contribution in [0.2, 0.25) is 0 Å². The fraction of sp³-hybridized carbons (Fsp3) is 0.882. The normalized spacial score (nSPS) is 14.2. The summed E-state index contributed by atoms with van der Waals surface area (Å²) >= 11 is 0. The molecule has 3 heteroatoms. The van der Waals surface area contributed by atoms with Crippen LogP contribution in [-0.2, 0) is 4.79 Å². The summed E-state index contributed by atoms with van der Waals surface area (Å²) in [6.45, 7) is 8.23. The Morgan fingerprint density at radius 3 is 2.20 bits per heavy atom. The third-order valence-corrected chi connectivity index (χ3v) is 3.78. The van der Waals surface area contributed by atoms with Crippen molar-refractivity contribution in [1.29, 1.82) is 0 Å². The van der Waals surface area contributed by atoms with E-state index in [4.69, 9.17) is 9.90 Å². The van der Waals surface area contributed by atoms with Crippen molar-refractivity contribution < 1.29 is 14.5 Å². The molecule has 1 aliphatic heterocycles. The van der Waals surface area contributed by atoms with Gasteiger partial charge in [0.25, 0.3) is 0 Å². The molecule has 1 rings (SSSR count). The molecule has 0 spiro atoms. The van der Waals surface area contributed by atoms with Crippen LogP contribution in [0.4, 0.5) is 0 Å². The largest absolute Gasteiger partial charge is 0.550 e. The van der Waals surface area contributed by atoms with Gasteiger partial charge in [-0.15, -0.1) is 0 Å². The van der Waals surface area contributed by atoms with Crippen LogP contribution in [0.15, 0.2) is 0 Å². The number of carboxylic acid groups (broad SMARTS) is 1. The number of aliphatic carboxylic acids is 1. The van der Waals surface area contributed by atoms with E-state index in [0.717, 1.165) is 6.92 Å². The van der Waals surface area contributed by atoms with Gasteiger partial charge in [0.1, 0.15) is 13.1 Å². The Bertz CT molecular complexity index is 281. The third-order valence-electron chi connectivity index (χ3n) is 3.78. The minimum Gasteiger partial charge on any atom is -0.550 e. The van der Waals surface area contributed by atoms with Crippen molar-refractivity contribution >= 4 is 11.7 Å². The first kappa shape index (κ1) is 19.1. The van der Waals surface area contributed by atoms with E-state index in [-0.39, 0.29) is 0 Å². The monoisotopic (exact) mass is 283 g/mol. The summed E-state index contributed by atoms with van der Waals surface area (Å²) in [4.78, 5) is 8.89. The molecule has 0 bridgehead atoms. The number of carbonyl (C=O) groups excluding carboxylic acids is 1. The fourth-order valence-corrected chi connectivity index (χ4v) is 2.72. The van der Waals surface area contributed by atoms with Crippen LogP contribution in [0.25, 0.3) is 0 Å². The van der Waals surface area contributed by atoms with Crippen molar-refractivity contribution in [2.75, 3.05) is 13.1 Å². The number of nitrogens with zero attached hydrogens (tertiary/aromatic N) is 1. The van der Waals surface area contributed by atoms with E-state index in [2.05, 4.69) is 18.4 Å². The van der Waals surface area contributed by atoms with Gasteiger partial charge >= 0.3 is 0 Å². The van der Waals surface area contributed by atoms with Gasteiger partial charge in [-0.05, 0) is 13.3 Å².